The minimum atomic E-state index is 0.496. The predicted octanol–water partition coefficient (Wildman–Crippen LogP) is 13.1. The largest absolute Gasteiger partial charge is 0.378 e. The minimum Gasteiger partial charge on any atom is -0.378 e. The first-order valence-corrected chi connectivity index (χ1v) is 20.2. The Labute approximate surface area is 270 Å². The second-order valence-electron chi connectivity index (χ2n) is 14.5. The fourth-order valence-corrected chi connectivity index (χ4v) is 7.06. The van der Waals surface area contributed by atoms with Crippen LogP contribution in [0.4, 0.5) is 0 Å². The molecule has 0 radical (unpaired) electrons. The standard InChI is InChI=1S/C40H78O3/c1-3-5-7-9-11-15-23-29-39(31-25-19-13-17-21-27-37-33-35-41-37)43-40(30-24-16-12-10-8-6-4-2)32-26-20-14-18-22-28-38-34-36-42-38/h37-40H,3-36H2,1-2H3. The SMILES string of the molecule is CCCCCCCCCC(CCCCCCCC1CCO1)OC(CCCCCCCCC)CCCCCCCC1CCO1. The summed E-state index contributed by atoms with van der Waals surface area (Å²) in [5.41, 5.74) is 0. The Hall–Kier alpha value is -0.120. The van der Waals surface area contributed by atoms with Crippen molar-refractivity contribution in [3.05, 3.63) is 0 Å². The van der Waals surface area contributed by atoms with Crippen LogP contribution in [0.25, 0.3) is 0 Å². The van der Waals surface area contributed by atoms with Gasteiger partial charge >= 0.3 is 0 Å². The highest BCUT2D eigenvalue weighted by Crippen LogP contribution is 2.25. The molecule has 2 heterocycles. The summed E-state index contributed by atoms with van der Waals surface area (Å²) >= 11 is 0. The summed E-state index contributed by atoms with van der Waals surface area (Å²) in [4.78, 5) is 0. The molecular formula is C40H78O3. The van der Waals surface area contributed by atoms with Crippen LogP contribution < -0.4 is 0 Å². The predicted molar refractivity (Wildman–Crippen MR) is 187 cm³/mol. The molecule has 2 aliphatic heterocycles. The number of rotatable bonds is 34. The van der Waals surface area contributed by atoms with E-state index < -0.39 is 0 Å². The third-order valence-corrected chi connectivity index (χ3v) is 10.3. The fraction of sp³-hybridized carbons (Fsp3) is 1.00. The smallest absolute Gasteiger partial charge is 0.0597 e. The lowest BCUT2D eigenvalue weighted by Crippen LogP contribution is -2.26. The van der Waals surface area contributed by atoms with E-state index in [2.05, 4.69) is 13.8 Å². The number of hydrogen-bond acceptors (Lipinski definition) is 3. The monoisotopic (exact) mass is 607 g/mol. The van der Waals surface area contributed by atoms with E-state index in [4.69, 9.17) is 14.2 Å². The lowest BCUT2D eigenvalue weighted by molar-refractivity contribution is -0.0557. The molecule has 2 rings (SSSR count). The third-order valence-electron chi connectivity index (χ3n) is 10.3. The van der Waals surface area contributed by atoms with Gasteiger partial charge < -0.3 is 14.2 Å². The lowest BCUT2D eigenvalue weighted by Gasteiger charge is -2.26. The van der Waals surface area contributed by atoms with E-state index in [1.165, 1.54) is 205 Å². The van der Waals surface area contributed by atoms with Gasteiger partial charge in [-0.1, -0.05) is 168 Å². The van der Waals surface area contributed by atoms with Gasteiger partial charge in [-0.05, 0) is 51.4 Å². The van der Waals surface area contributed by atoms with Gasteiger partial charge in [0.15, 0.2) is 0 Å². The summed E-state index contributed by atoms with van der Waals surface area (Å²) in [5.74, 6) is 0. The second kappa shape index (κ2) is 29.3. The molecular weight excluding hydrogens is 528 g/mol. The molecule has 0 amide bonds. The molecule has 0 saturated carbocycles. The van der Waals surface area contributed by atoms with Gasteiger partial charge in [0.05, 0.1) is 24.4 Å². The van der Waals surface area contributed by atoms with Gasteiger partial charge in [-0.25, -0.2) is 0 Å². The van der Waals surface area contributed by atoms with Gasteiger partial charge in [0.1, 0.15) is 0 Å². The Morgan fingerprint density at radius 2 is 0.698 bits per heavy atom. The maximum absolute atomic E-state index is 7.07. The zero-order chi connectivity index (χ0) is 30.5. The first kappa shape index (κ1) is 39.1. The Morgan fingerprint density at radius 1 is 0.419 bits per heavy atom. The quantitative estimate of drug-likeness (QED) is 0.0682. The molecule has 0 spiro atoms. The van der Waals surface area contributed by atoms with Crippen LogP contribution in [-0.2, 0) is 14.2 Å². The van der Waals surface area contributed by atoms with Gasteiger partial charge in [0.2, 0.25) is 0 Å². The summed E-state index contributed by atoms with van der Waals surface area (Å²) in [6, 6.07) is 0. The molecule has 2 aliphatic rings. The van der Waals surface area contributed by atoms with Crippen LogP contribution in [0.2, 0.25) is 0 Å². The van der Waals surface area contributed by atoms with Crippen LogP contribution in [0.5, 0.6) is 0 Å². The van der Waals surface area contributed by atoms with Crippen molar-refractivity contribution in [3.8, 4) is 0 Å². The molecule has 0 aromatic rings. The van der Waals surface area contributed by atoms with Crippen molar-refractivity contribution in [2.24, 2.45) is 0 Å². The molecule has 3 heteroatoms. The van der Waals surface area contributed by atoms with Crippen LogP contribution in [0.1, 0.15) is 219 Å². The van der Waals surface area contributed by atoms with Crippen LogP contribution in [0.3, 0.4) is 0 Å². The van der Waals surface area contributed by atoms with Crippen LogP contribution in [0.15, 0.2) is 0 Å². The Bertz CT molecular complexity index is 510. The summed E-state index contributed by atoms with van der Waals surface area (Å²) in [7, 11) is 0. The van der Waals surface area contributed by atoms with Gasteiger partial charge in [-0.15, -0.1) is 0 Å². The Balaban J connectivity index is 1.71. The van der Waals surface area contributed by atoms with E-state index in [0.29, 0.717) is 24.4 Å². The zero-order valence-corrected chi connectivity index (χ0v) is 29.6. The highest BCUT2D eigenvalue weighted by Gasteiger charge is 2.19. The van der Waals surface area contributed by atoms with Gasteiger partial charge in [-0.3, -0.25) is 0 Å². The van der Waals surface area contributed by atoms with Crippen molar-refractivity contribution >= 4 is 0 Å². The maximum Gasteiger partial charge on any atom is 0.0597 e. The molecule has 2 fully saturated rings. The van der Waals surface area contributed by atoms with Crippen molar-refractivity contribution in [2.45, 2.75) is 244 Å². The second-order valence-corrected chi connectivity index (χ2v) is 14.5. The zero-order valence-electron chi connectivity index (χ0n) is 29.6. The lowest BCUT2D eigenvalue weighted by atomic mass is 9.98. The number of ether oxygens (including phenoxy) is 3. The molecule has 3 nitrogen and oxygen atoms in total. The highest BCUT2D eigenvalue weighted by atomic mass is 16.5. The molecule has 256 valence electrons. The average Bonchev–Trinajstić information content (AvgIpc) is 2.96. The normalized spacial score (nSPS) is 19.7. The van der Waals surface area contributed by atoms with E-state index in [1.807, 2.05) is 0 Å². The molecule has 0 bridgehead atoms. The molecule has 2 saturated heterocycles. The molecule has 0 aromatic carbocycles. The summed E-state index contributed by atoms with van der Waals surface area (Å²) in [6.45, 7) is 6.64. The van der Waals surface area contributed by atoms with Crippen LogP contribution in [-0.4, -0.2) is 37.6 Å². The molecule has 4 unspecified atom stereocenters. The van der Waals surface area contributed by atoms with Gasteiger partial charge in [0.25, 0.3) is 0 Å². The average molecular weight is 607 g/mol. The van der Waals surface area contributed by atoms with Gasteiger partial charge in [-0.2, -0.15) is 0 Å². The molecule has 4 atom stereocenters. The fourth-order valence-electron chi connectivity index (χ4n) is 7.06. The Morgan fingerprint density at radius 3 is 0.977 bits per heavy atom. The first-order valence-electron chi connectivity index (χ1n) is 20.2. The van der Waals surface area contributed by atoms with Crippen molar-refractivity contribution < 1.29 is 14.2 Å². The molecule has 0 aliphatic carbocycles. The van der Waals surface area contributed by atoms with Crippen LogP contribution in [0, 0.1) is 0 Å². The molecule has 43 heavy (non-hydrogen) atoms. The number of hydrogen-bond donors (Lipinski definition) is 0. The summed E-state index contributed by atoms with van der Waals surface area (Å²) < 4.78 is 18.3. The topological polar surface area (TPSA) is 27.7 Å². The highest BCUT2D eigenvalue weighted by molar-refractivity contribution is 4.69. The van der Waals surface area contributed by atoms with E-state index >= 15 is 0 Å². The van der Waals surface area contributed by atoms with E-state index in [-0.39, 0.29) is 0 Å². The summed E-state index contributed by atoms with van der Waals surface area (Å²) in [5, 5.41) is 0. The summed E-state index contributed by atoms with van der Waals surface area (Å²) in [6.07, 6.45) is 45.9. The van der Waals surface area contributed by atoms with Crippen molar-refractivity contribution in [1.29, 1.82) is 0 Å². The van der Waals surface area contributed by atoms with Crippen molar-refractivity contribution in [3.63, 3.8) is 0 Å². The van der Waals surface area contributed by atoms with Crippen molar-refractivity contribution in [1.82, 2.24) is 0 Å². The van der Waals surface area contributed by atoms with E-state index in [9.17, 15) is 0 Å². The van der Waals surface area contributed by atoms with Crippen molar-refractivity contribution in [2.75, 3.05) is 13.2 Å². The maximum atomic E-state index is 7.07. The third kappa shape index (κ3) is 22.9. The van der Waals surface area contributed by atoms with Gasteiger partial charge in [0, 0.05) is 13.2 Å². The van der Waals surface area contributed by atoms with E-state index in [0.717, 1.165) is 13.2 Å². The first-order chi connectivity index (χ1) is 21.3. The molecule has 0 N–H and O–H groups in total. The van der Waals surface area contributed by atoms with E-state index in [1.54, 1.807) is 0 Å². The minimum absolute atomic E-state index is 0.496. The van der Waals surface area contributed by atoms with Crippen LogP contribution >= 0.6 is 0 Å². The molecule has 0 aromatic heterocycles. The number of unbranched alkanes of at least 4 members (excludes halogenated alkanes) is 20. The Kier molecular flexibility index (Phi) is 26.6.